The van der Waals surface area contributed by atoms with Crippen LogP contribution in [0.4, 0.5) is 5.69 Å². The van der Waals surface area contributed by atoms with Crippen molar-refractivity contribution in [2.75, 3.05) is 39.0 Å². The van der Waals surface area contributed by atoms with Crippen LogP contribution in [0.2, 0.25) is 0 Å². The second-order valence-corrected chi connectivity index (χ2v) is 6.84. The summed E-state index contributed by atoms with van der Waals surface area (Å²) in [6, 6.07) is 7.23. The number of carbonyl (C=O) groups excluding carboxylic acids is 3. The molecule has 2 N–H and O–H groups in total. The van der Waals surface area contributed by atoms with Crippen LogP contribution in [0.1, 0.15) is 36.5 Å². The van der Waals surface area contributed by atoms with Gasteiger partial charge in [0, 0.05) is 20.1 Å². The van der Waals surface area contributed by atoms with Gasteiger partial charge in [0.25, 0.3) is 5.91 Å². The van der Waals surface area contributed by atoms with Crippen molar-refractivity contribution < 1.29 is 14.4 Å². The zero-order chi connectivity index (χ0) is 19.1. The summed E-state index contributed by atoms with van der Waals surface area (Å²) < 4.78 is 0. The molecule has 0 atom stereocenters. The highest BCUT2D eigenvalue weighted by atomic mass is 16.2. The van der Waals surface area contributed by atoms with Crippen LogP contribution in [0.3, 0.4) is 0 Å². The molecule has 0 unspecified atom stereocenters. The molecule has 26 heavy (non-hydrogen) atoms. The Morgan fingerprint density at radius 1 is 1.12 bits per heavy atom. The first kappa shape index (κ1) is 19.9. The van der Waals surface area contributed by atoms with E-state index in [0.717, 1.165) is 19.3 Å². The lowest BCUT2D eigenvalue weighted by atomic mass is 10.1. The lowest BCUT2D eigenvalue weighted by Gasteiger charge is -2.22. The zero-order valence-corrected chi connectivity index (χ0v) is 15.7. The highest BCUT2D eigenvalue weighted by molar-refractivity contribution is 6.04. The first-order valence-corrected chi connectivity index (χ1v) is 9.03. The third-order valence-electron chi connectivity index (χ3n) is 4.12. The number of anilines is 1. The Kier molecular flexibility index (Phi) is 7.15. The summed E-state index contributed by atoms with van der Waals surface area (Å²) in [5.74, 6) is -0.455. The molecule has 142 valence electrons. The van der Waals surface area contributed by atoms with Crippen LogP contribution in [-0.2, 0) is 9.59 Å². The second kappa shape index (κ2) is 9.33. The van der Waals surface area contributed by atoms with Crippen LogP contribution in [0.15, 0.2) is 24.3 Å². The van der Waals surface area contributed by atoms with E-state index in [-0.39, 0.29) is 36.9 Å². The van der Waals surface area contributed by atoms with E-state index in [1.807, 2.05) is 11.8 Å². The lowest BCUT2D eigenvalue weighted by molar-refractivity contribution is -0.130. The predicted octanol–water partition coefficient (Wildman–Crippen LogP) is 1.32. The lowest BCUT2D eigenvalue weighted by Crippen LogP contribution is -2.41. The fraction of sp³-hybridized carbons (Fsp3) is 0.526. The van der Waals surface area contributed by atoms with Crippen molar-refractivity contribution in [3.8, 4) is 0 Å². The first-order chi connectivity index (χ1) is 12.4. The molecule has 1 aromatic carbocycles. The first-order valence-electron chi connectivity index (χ1n) is 9.03. The number of likely N-dealkylation sites (N-methyl/N-ethyl adjacent to an activating group) is 1. The Bertz CT molecular complexity index is 656. The number of hydrogen-bond donors (Lipinski definition) is 2. The fourth-order valence-corrected chi connectivity index (χ4v) is 2.54. The number of carbonyl (C=O) groups is 3. The molecule has 1 aliphatic rings. The van der Waals surface area contributed by atoms with E-state index in [2.05, 4.69) is 10.6 Å². The fourth-order valence-electron chi connectivity index (χ4n) is 2.54. The third kappa shape index (κ3) is 6.15. The number of amides is 3. The summed E-state index contributed by atoms with van der Waals surface area (Å²) in [5, 5.41) is 5.74. The molecule has 1 aliphatic carbocycles. The van der Waals surface area contributed by atoms with E-state index in [9.17, 15) is 14.4 Å². The minimum Gasteiger partial charge on any atom is -0.349 e. The molecular weight excluding hydrogens is 332 g/mol. The Labute approximate surface area is 154 Å². The summed E-state index contributed by atoms with van der Waals surface area (Å²) in [7, 11) is 3.39. The normalized spacial score (nSPS) is 13.4. The number of hydrogen-bond acceptors (Lipinski definition) is 4. The molecule has 1 fully saturated rings. The van der Waals surface area contributed by atoms with Gasteiger partial charge >= 0.3 is 0 Å². The van der Waals surface area contributed by atoms with Gasteiger partial charge in [-0.1, -0.05) is 19.1 Å². The van der Waals surface area contributed by atoms with Crippen LogP contribution in [-0.4, -0.2) is 67.3 Å². The van der Waals surface area contributed by atoms with E-state index in [1.165, 1.54) is 4.90 Å². The number of para-hydroxylation sites is 1. The van der Waals surface area contributed by atoms with Gasteiger partial charge in [0.1, 0.15) is 0 Å². The monoisotopic (exact) mass is 360 g/mol. The second-order valence-electron chi connectivity index (χ2n) is 6.84. The summed E-state index contributed by atoms with van der Waals surface area (Å²) in [4.78, 5) is 40.0. The molecule has 1 saturated carbocycles. The highest BCUT2D eigenvalue weighted by Crippen LogP contribution is 2.21. The molecule has 0 radical (unpaired) electrons. The highest BCUT2D eigenvalue weighted by Gasteiger charge is 2.25. The molecule has 3 amide bonds. The van der Waals surface area contributed by atoms with E-state index < -0.39 is 0 Å². The molecule has 7 nitrogen and oxygen atoms in total. The Hall–Kier alpha value is -2.41. The molecule has 1 aromatic rings. The van der Waals surface area contributed by atoms with E-state index in [1.54, 1.807) is 38.4 Å². The van der Waals surface area contributed by atoms with Gasteiger partial charge < -0.3 is 15.5 Å². The van der Waals surface area contributed by atoms with Crippen molar-refractivity contribution in [1.29, 1.82) is 0 Å². The van der Waals surface area contributed by atoms with Crippen LogP contribution < -0.4 is 10.6 Å². The quantitative estimate of drug-likeness (QED) is 0.696. The molecule has 0 aromatic heterocycles. The van der Waals surface area contributed by atoms with Crippen molar-refractivity contribution in [2.24, 2.45) is 0 Å². The average molecular weight is 360 g/mol. The van der Waals surface area contributed by atoms with Gasteiger partial charge in [-0.05, 0) is 37.9 Å². The molecule has 0 saturated heterocycles. The van der Waals surface area contributed by atoms with Crippen molar-refractivity contribution in [1.82, 2.24) is 15.1 Å². The van der Waals surface area contributed by atoms with Crippen LogP contribution in [0.5, 0.6) is 0 Å². The Morgan fingerprint density at radius 2 is 1.81 bits per heavy atom. The van der Waals surface area contributed by atoms with Gasteiger partial charge in [-0.25, -0.2) is 0 Å². The number of nitrogens with zero attached hydrogens (tertiary/aromatic N) is 2. The minimum atomic E-state index is -0.239. The molecule has 0 spiro atoms. The van der Waals surface area contributed by atoms with E-state index in [0.29, 0.717) is 17.8 Å². The van der Waals surface area contributed by atoms with Gasteiger partial charge in [0.05, 0.1) is 24.3 Å². The van der Waals surface area contributed by atoms with Crippen LogP contribution in [0, 0.1) is 0 Å². The van der Waals surface area contributed by atoms with E-state index >= 15 is 0 Å². The number of nitrogens with one attached hydrogen (secondary N) is 2. The third-order valence-corrected chi connectivity index (χ3v) is 4.12. The van der Waals surface area contributed by atoms with Crippen LogP contribution in [0.25, 0.3) is 0 Å². The smallest absolute Gasteiger partial charge is 0.253 e. The van der Waals surface area contributed by atoms with Gasteiger partial charge in [0.2, 0.25) is 11.8 Å². The summed E-state index contributed by atoms with van der Waals surface area (Å²) >= 11 is 0. The van der Waals surface area contributed by atoms with Gasteiger partial charge in [-0.3, -0.25) is 19.3 Å². The Morgan fingerprint density at radius 3 is 2.42 bits per heavy atom. The minimum absolute atomic E-state index is 0.0459. The van der Waals surface area contributed by atoms with Gasteiger partial charge in [0.15, 0.2) is 0 Å². The maximum absolute atomic E-state index is 12.4. The zero-order valence-electron chi connectivity index (χ0n) is 15.7. The number of rotatable bonds is 9. The van der Waals surface area contributed by atoms with Crippen molar-refractivity contribution in [3.63, 3.8) is 0 Å². The molecular formula is C19H28N4O3. The molecule has 0 bridgehead atoms. The molecule has 0 aliphatic heterocycles. The van der Waals surface area contributed by atoms with Crippen molar-refractivity contribution in [2.45, 2.75) is 32.2 Å². The largest absolute Gasteiger partial charge is 0.349 e. The summed E-state index contributed by atoms with van der Waals surface area (Å²) in [5.41, 5.74) is 0.949. The molecule has 7 heteroatoms. The maximum Gasteiger partial charge on any atom is 0.253 e. The average Bonchev–Trinajstić information content (AvgIpc) is 3.39. The molecule has 2 rings (SSSR count). The summed E-state index contributed by atoms with van der Waals surface area (Å²) in [6.45, 7) is 2.95. The van der Waals surface area contributed by atoms with Crippen LogP contribution >= 0.6 is 0 Å². The van der Waals surface area contributed by atoms with Crippen molar-refractivity contribution >= 4 is 23.4 Å². The summed E-state index contributed by atoms with van der Waals surface area (Å²) in [6.07, 6.45) is 2.85. The van der Waals surface area contributed by atoms with Gasteiger partial charge in [-0.2, -0.15) is 0 Å². The standard InChI is InChI=1S/C19H28N4O3/c1-4-11-23(13-18(25)22(2)3)12-17(24)21-16-8-6-5-7-15(16)19(26)20-14-9-10-14/h5-8,14H,4,9-13H2,1-3H3,(H,20,26)(H,21,24). The SMILES string of the molecule is CCCN(CC(=O)Nc1ccccc1C(=O)NC1CC1)CC(=O)N(C)C. The van der Waals surface area contributed by atoms with Crippen molar-refractivity contribution in [3.05, 3.63) is 29.8 Å². The maximum atomic E-state index is 12.4. The Balaban J connectivity index is 1.99. The van der Waals surface area contributed by atoms with E-state index in [4.69, 9.17) is 0 Å². The number of benzene rings is 1. The van der Waals surface area contributed by atoms with Gasteiger partial charge in [-0.15, -0.1) is 0 Å². The molecule has 0 heterocycles. The topological polar surface area (TPSA) is 81.8 Å². The predicted molar refractivity (Wildman–Crippen MR) is 101 cm³/mol.